The van der Waals surface area contributed by atoms with Crippen LogP contribution >= 0.6 is 0 Å². The van der Waals surface area contributed by atoms with E-state index in [2.05, 4.69) is 45.9 Å². The Morgan fingerprint density at radius 2 is 1.79 bits per heavy atom. The van der Waals surface area contributed by atoms with Gasteiger partial charge in [-0.3, -0.25) is 0 Å². The molecule has 1 aromatic carbocycles. The molecule has 1 nitrogen and oxygen atoms in total. The highest BCUT2D eigenvalue weighted by molar-refractivity contribution is 5.35. The minimum Gasteiger partial charge on any atom is -0.326 e. The van der Waals surface area contributed by atoms with Crippen molar-refractivity contribution in [3.63, 3.8) is 0 Å². The van der Waals surface area contributed by atoms with Gasteiger partial charge in [-0.1, -0.05) is 45.9 Å². The second-order valence-corrected chi connectivity index (χ2v) is 4.79. The first kappa shape index (κ1) is 11.3. The van der Waals surface area contributed by atoms with E-state index in [9.17, 15) is 0 Å². The molecule has 1 rings (SSSR count). The molecule has 0 aliphatic carbocycles. The third-order valence-electron chi connectivity index (χ3n) is 2.67. The Balaban J connectivity index is 3.14. The van der Waals surface area contributed by atoms with Crippen molar-refractivity contribution >= 4 is 0 Å². The Hall–Kier alpha value is -0.820. The lowest BCUT2D eigenvalue weighted by Crippen LogP contribution is -2.13. The van der Waals surface area contributed by atoms with Gasteiger partial charge in [0.25, 0.3) is 0 Å². The normalized spacial score (nSPS) is 11.8. The van der Waals surface area contributed by atoms with E-state index >= 15 is 0 Å². The van der Waals surface area contributed by atoms with Gasteiger partial charge in [-0.05, 0) is 28.5 Å². The number of rotatable bonds is 2. The van der Waals surface area contributed by atoms with Crippen LogP contribution in [0.2, 0.25) is 0 Å². The van der Waals surface area contributed by atoms with Crippen LogP contribution in [0.4, 0.5) is 0 Å². The van der Waals surface area contributed by atoms with E-state index in [-0.39, 0.29) is 5.41 Å². The van der Waals surface area contributed by atoms with Crippen molar-refractivity contribution < 1.29 is 0 Å². The predicted octanol–water partition coefficient (Wildman–Crippen LogP) is 3.01. The smallest absolute Gasteiger partial charge is 0.0180 e. The zero-order chi connectivity index (χ0) is 10.8. The monoisotopic (exact) mass is 191 g/mol. The first-order chi connectivity index (χ1) is 6.49. The maximum absolute atomic E-state index is 5.74. The molecule has 0 saturated heterocycles. The number of aryl methyl sites for hydroxylation is 1. The number of benzene rings is 1. The molecule has 2 N–H and O–H groups in total. The zero-order valence-corrected chi connectivity index (χ0v) is 9.72. The molecule has 0 spiro atoms. The fourth-order valence-corrected chi connectivity index (χ4v) is 1.63. The molecule has 0 saturated carbocycles. The number of hydrogen-bond donors (Lipinski definition) is 1. The molecule has 0 aromatic heterocycles. The minimum atomic E-state index is 0.218. The third-order valence-corrected chi connectivity index (χ3v) is 2.67. The molecule has 14 heavy (non-hydrogen) atoms. The molecule has 1 heteroatoms. The zero-order valence-electron chi connectivity index (χ0n) is 9.72. The van der Waals surface area contributed by atoms with Gasteiger partial charge in [-0.25, -0.2) is 0 Å². The SMILES string of the molecule is CCc1ccc(C(C)(C)C)cc1CN. The van der Waals surface area contributed by atoms with Crippen LogP contribution in [0.15, 0.2) is 18.2 Å². The summed E-state index contributed by atoms with van der Waals surface area (Å²) in [6.07, 6.45) is 1.07. The van der Waals surface area contributed by atoms with Crippen molar-refractivity contribution in [1.82, 2.24) is 0 Å². The summed E-state index contributed by atoms with van der Waals surface area (Å²) in [5.74, 6) is 0. The fourth-order valence-electron chi connectivity index (χ4n) is 1.63. The number of nitrogens with two attached hydrogens (primary N) is 1. The summed E-state index contributed by atoms with van der Waals surface area (Å²) in [7, 11) is 0. The standard InChI is InChI=1S/C13H21N/c1-5-10-6-7-12(13(2,3)4)8-11(10)9-14/h6-8H,5,9,14H2,1-4H3. The molecule has 0 aliphatic rings. The van der Waals surface area contributed by atoms with Crippen LogP contribution in [0, 0.1) is 0 Å². The lowest BCUT2D eigenvalue weighted by atomic mass is 9.85. The van der Waals surface area contributed by atoms with Crippen molar-refractivity contribution in [3.05, 3.63) is 34.9 Å². The van der Waals surface area contributed by atoms with Gasteiger partial charge in [-0.15, -0.1) is 0 Å². The average Bonchev–Trinajstić information content (AvgIpc) is 2.15. The summed E-state index contributed by atoms with van der Waals surface area (Å²) in [5, 5.41) is 0. The van der Waals surface area contributed by atoms with Crippen LogP contribution < -0.4 is 5.73 Å². The van der Waals surface area contributed by atoms with E-state index in [1.165, 1.54) is 16.7 Å². The topological polar surface area (TPSA) is 26.0 Å². The first-order valence-electron chi connectivity index (χ1n) is 5.31. The molecular weight excluding hydrogens is 170 g/mol. The van der Waals surface area contributed by atoms with Crippen LogP contribution in [0.3, 0.4) is 0 Å². The van der Waals surface area contributed by atoms with Crippen molar-refractivity contribution in [3.8, 4) is 0 Å². The van der Waals surface area contributed by atoms with Crippen molar-refractivity contribution in [1.29, 1.82) is 0 Å². The summed E-state index contributed by atoms with van der Waals surface area (Å²) in [6, 6.07) is 6.68. The third kappa shape index (κ3) is 2.36. The van der Waals surface area contributed by atoms with Gasteiger partial charge in [0.2, 0.25) is 0 Å². The molecular formula is C13H21N. The summed E-state index contributed by atoms with van der Waals surface area (Å²) in [5.41, 5.74) is 9.99. The van der Waals surface area contributed by atoms with Crippen molar-refractivity contribution in [2.75, 3.05) is 0 Å². The lowest BCUT2D eigenvalue weighted by Gasteiger charge is -2.20. The van der Waals surface area contributed by atoms with Gasteiger partial charge < -0.3 is 5.73 Å². The van der Waals surface area contributed by atoms with E-state index in [4.69, 9.17) is 5.73 Å². The lowest BCUT2D eigenvalue weighted by molar-refractivity contribution is 0.589. The second kappa shape index (κ2) is 4.14. The van der Waals surface area contributed by atoms with Crippen molar-refractivity contribution in [2.24, 2.45) is 5.73 Å². The molecule has 78 valence electrons. The summed E-state index contributed by atoms with van der Waals surface area (Å²) in [6.45, 7) is 9.51. The Kier molecular flexibility index (Phi) is 3.33. The molecule has 0 atom stereocenters. The quantitative estimate of drug-likeness (QED) is 0.764. The Morgan fingerprint density at radius 3 is 2.21 bits per heavy atom. The van der Waals surface area contributed by atoms with Gasteiger partial charge in [0, 0.05) is 6.54 Å². The van der Waals surface area contributed by atoms with E-state index in [1.54, 1.807) is 0 Å². The minimum absolute atomic E-state index is 0.218. The Labute approximate surface area is 87.3 Å². The fraction of sp³-hybridized carbons (Fsp3) is 0.538. The van der Waals surface area contributed by atoms with Crippen molar-refractivity contribution in [2.45, 2.75) is 46.1 Å². The summed E-state index contributed by atoms with van der Waals surface area (Å²) >= 11 is 0. The van der Waals surface area contributed by atoms with Gasteiger partial charge in [0.05, 0.1) is 0 Å². The van der Waals surface area contributed by atoms with Crippen LogP contribution in [-0.2, 0) is 18.4 Å². The Morgan fingerprint density at radius 1 is 1.14 bits per heavy atom. The molecule has 0 unspecified atom stereocenters. The highest BCUT2D eigenvalue weighted by Crippen LogP contribution is 2.24. The van der Waals surface area contributed by atoms with E-state index in [0.29, 0.717) is 6.54 Å². The van der Waals surface area contributed by atoms with E-state index in [0.717, 1.165) is 6.42 Å². The second-order valence-electron chi connectivity index (χ2n) is 4.79. The van der Waals surface area contributed by atoms with E-state index in [1.807, 2.05) is 0 Å². The molecule has 1 aromatic rings. The first-order valence-corrected chi connectivity index (χ1v) is 5.31. The van der Waals surface area contributed by atoms with Gasteiger partial charge >= 0.3 is 0 Å². The van der Waals surface area contributed by atoms with Crippen LogP contribution in [0.5, 0.6) is 0 Å². The molecule has 0 fully saturated rings. The molecule has 0 amide bonds. The van der Waals surface area contributed by atoms with E-state index < -0.39 is 0 Å². The van der Waals surface area contributed by atoms with Crippen LogP contribution in [0.25, 0.3) is 0 Å². The highest BCUT2D eigenvalue weighted by atomic mass is 14.5. The maximum atomic E-state index is 5.74. The van der Waals surface area contributed by atoms with Crippen LogP contribution in [-0.4, -0.2) is 0 Å². The summed E-state index contributed by atoms with van der Waals surface area (Å²) < 4.78 is 0. The van der Waals surface area contributed by atoms with Gasteiger partial charge in [-0.2, -0.15) is 0 Å². The largest absolute Gasteiger partial charge is 0.326 e. The average molecular weight is 191 g/mol. The molecule has 0 radical (unpaired) electrons. The number of hydrogen-bond acceptors (Lipinski definition) is 1. The molecule has 0 aliphatic heterocycles. The highest BCUT2D eigenvalue weighted by Gasteiger charge is 2.14. The molecule has 0 bridgehead atoms. The van der Waals surface area contributed by atoms with Gasteiger partial charge in [0.1, 0.15) is 0 Å². The Bertz CT molecular complexity index is 308. The predicted molar refractivity (Wildman–Crippen MR) is 62.4 cm³/mol. The van der Waals surface area contributed by atoms with Gasteiger partial charge in [0.15, 0.2) is 0 Å². The van der Waals surface area contributed by atoms with Crippen LogP contribution in [0.1, 0.15) is 44.4 Å². The molecule has 0 heterocycles. The summed E-state index contributed by atoms with van der Waals surface area (Å²) in [4.78, 5) is 0. The maximum Gasteiger partial charge on any atom is 0.0180 e.